The Bertz CT molecular complexity index is 564. The van der Waals surface area contributed by atoms with Crippen LogP contribution in [0.1, 0.15) is 18.7 Å². The first-order chi connectivity index (χ1) is 8.41. The van der Waals surface area contributed by atoms with Gasteiger partial charge in [0.25, 0.3) is 0 Å². The number of thiophene rings is 1. The number of aromatic nitrogens is 2. The summed E-state index contributed by atoms with van der Waals surface area (Å²) in [5.41, 5.74) is 5.53. The fourth-order valence-electron chi connectivity index (χ4n) is 1.87. The van der Waals surface area contributed by atoms with Gasteiger partial charge in [-0.25, -0.2) is 4.98 Å². The van der Waals surface area contributed by atoms with Crippen molar-refractivity contribution in [1.82, 2.24) is 9.97 Å². The van der Waals surface area contributed by atoms with E-state index in [4.69, 9.17) is 10.5 Å². The Morgan fingerprint density at radius 1 is 1.44 bits per heavy atom. The number of nitrogen functional groups attached to an aromatic ring is 1. The van der Waals surface area contributed by atoms with Gasteiger partial charge in [0, 0.05) is 12.0 Å². The molecule has 3 N–H and O–H groups in total. The lowest BCUT2D eigenvalue weighted by molar-refractivity contribution is 0.158. The van der Waals surface area contributed by atoms with Gasteiger partial charge in [-0.3, -0.25) is 0 Å². The quantitative estimate of drug-likeness (QED) is 0.889. The molecule has 0 fully saturated rings. The summed E-state index contributed by atoms with van der Waals surface area (Å²) < 4.78 is 5.19. The van der Waals surface area contributed by atoms with Gasteiger partial charge in [-0.05, 0) is 26.8 Å². The molecule has 0 aliphatic carbocycles. The number of hydrogen-bond acceptors (Lipinski definition) is 6. The summed E-state index contributed by atoms with van der Waals surface area (Å²) in [7, 11) is 1.68. The highest BCUT2D eigenvalue weighted by Gasteiger charge is 2.20. The summed E-state index contributed by atoms with van der Waals surface area (Å²) in [6.07, 6.45) is 0. The first-order valence-electron chi connectivity index (χ1n) is 5.72. The van der Waals surface area contributed by atoms with Gasteiger partial charge in [-0.2, -0.15) is 4.98 Å². The van der Waals surface area contributed by atoms with Gasteiger partial charge in [-0.1, -0.05) is 0 Å². The fourth-order valence-corrected chi connectivity index (χ4v) is 2.76. The van der Waals surface area contributed by atoms with Crippen molar-refractivity contribution in [1.29, 1.82) is 0 Å². The fraction of sp³-hybridized carbons (Fsp3) is 0.500. The molecule has 2 heterocycles. The Labute approximate surface area is 110 Å². The number of anilines is 2. The first kappa shape index (κ1) is 13.0. The summed E-state index contributed by atoms with van der Waals surface area (Å²) in [4.78, 5) is 10.6. The molecule has 0 saturated heterocycles. The second-order valence-electron chi connectivity index (χ2n) is 4.95. The minimum absolute atomic E-state index is 0.210. The molecule has 0 bridgehead atoms. The monoisotopic (exact) mass is 266 g/mol. The van der Waals surface area contributed by atoms with Gasteiger partial charge >= 0.3 is 0 Å². The molecule has 5 nitrogen and oxygen atoms in total. The zero-order valence-corrected chi connectivity index (χ0v) is 11.9. The van der Waals surface area contributed by atoms with Gasteiger partial charge in [0.05, 0.1) is 17.5 Å². The van der Waals surface area contributed by atoms with E-state index in [-0.39, 0.29) is 5.54 Å². The Morgan fingerprint density at radius 2 is 2.17 bits per heavy atom. The second-order valence-corrected chi connectivity index (χ2v) is 6.18. The molecule has 6 heteroatoms. The first-order valence-corrected chi connectivity index (χ1v) is 6.54. The molecule has 0 radical (unpaired) electrons. The average Bonchev–Trinajstić information content (AvgIpc) is 2.57. The molecule has 0 spiro atoms. The van der Waals surface area contributed by atoms with E-state index < -0.39 is 0 Å². The molecular formula is C12H18N4OS. The maximum absolute atomic E-state index is 5.74. The van der Waals surface area contributed by atoms with Crippen LogP contribution in [-0.2, 0) is 4.74 Å². The van der Waals surface area contributed by atoms with Crippen LogP contribution in [0.3, 0.4) is 0 Å². The molecular weight excluding hydrogens is 248 g/mol. The zero-order chi connectivity index (χ0) is 13.3. The van der Waals surface area contributed by atoms with Crippen molar-refractivity contribution < 1.29 is 4.74 Å². The van der Waals surface area contributed by atoms with E-state index in [1.807, 2.05) is 6.92 Å². The number of ether oxygens (including phenoxy) is 1. The van der Waals surface area contributed by atoms with Crippen LogP contribution in [0.4, 0.5) is 11.8 Å². The van der Waals surface area contributed by atoms with Crippen molar-refractivity contribution in [2.75, 3.05) is 24.8 Å². The van der Waals surface area contributed by atoms with Crippen LogP contribution in [0.25, 0.3) is 10.2 Å². The van der Waals surface area contributed by atoms with Gasteiger partial charge < -0.3 is 15.8 Å². The third kappa shape index (κ3) is 2.70. The van der Waals surface area contributed by atoms with Gasteiger partial charge in [0.15, 0.2) is 0 Å². The number of methoxy groups -OCH3 is 1. The molecule has 0 aliphatic heterocycles. The van der Waals surface area contributed by atoms with Crippen molar-refractivity contribution in [3.8, 4) is 0 Å². The minimum atomic E-state index is -0.210. The molecule has 0 saturated carbocycles. The molecule has 98 valence electrons. The van der Waals surface area contributed by atoms with Crippen molar-refractivity contribution >= 4 is 33.3 Å². The van der Waals surface area contributed by atoms with Crippen LogP contribution < -0.4 is 11.1 Å². The maximum atomic E-state index is 5.74. The van der Waals surface area contributed by atoms with Crippen LogP contribution in [0.5, 0.6) is 0 Å². The predicted octanol–water partition coefficient (Wildman–Crippen LogP) is 2.42. The Hall–Kier alpha value is -1.40. The minimum Gasteiger partial charge on any atom is -0.382 e. The highest BCUT2D eigenvalue weighted by molar-refractivity contribution is 7.18. The normalized spacial score (nSPS) is 12.0. The van der Waals surface area contributed by atoms with Gasteiger partial charge in [-0.15, -0.1) is 11.3 Å². The van der Waals surface area contributed by atoms with E-state index in [1.54, 1.807) is 18.4 Å². The lowest BCUT2D eigenvalue weighted by Gasteiger charge is -2.26. The van der Waals surface area contributed by atoms with E-state index >= 15 is 0 Å². The van der Waals surface area contributed by atoms with Crippen LogP contribution in [0, 0.1) is 6.92 Å². The summed E-state index contributed by atoms with van der Waals surface area (Å²) in [5.74, 6) is 1.06. The largest absolute Gasteiger partial charge is 0.382 e. The lowest BCUT2D eigenvalue weighted by atomic mass is 10.1. The molecule has 2 aromatic heterocycles. The van der Waals surface area contributed by atoms with Gasteiger partial charge in [0.2, 0.25) is 5.95 Å². The molecule has 0 aliphatic rings. The van der Waals surface area contributed by atoms with Gasteiger partial charge in [0.1, 0.15) is 10.6 Å². The van der Waals surface area contributed by atoms with Crippen LogP contribution in [0.15, 0.2) is 6.07 Å². The van der Waals surface area contributed by atoms with E-state index in [2.05, 4.69) is 35.2 Å². The van der Waals surface area contributed by atoms with E-state index in [9.17, 15) is 0 Å². The number of rotatable bonds is 4. The summed E-state index contributed by atoms with van der Waals surface area (Å²) >= 11 is 1.62. The second kappa shape index (κ2) is 4.70. The maximum Gasteiger partial charge on any atom is 0.223 e. The Kier molecular flexibility index (Phi) is 3.41. The molecule has 0 aromatic carbocycles. The van der Waals surface area contributed by atoms with Crippen molar-refractivity contribution in [2.45, 2.75) is 26.3 Å². The molecule has 18 heavy (non-hydrogen) atoms. The number of fused-ring (bicyclic) bond motifs is 1. The SMILES string of the molecule is COCC(C)(C)Nc1nc(N)nc2sc(C)cc12. The molecule has 0 amide bonds. The van der Waals surface area contributed by atoms with Crippen molar-refractivity contribution in [3.05, 3.63) is 10.9 Å². The Morgan fingerprint density at radius 3 is 2.83 bits per heavy atom. The molecule has 0 atom stereocenters. The van der Waals surface area contributed by atoms with Crippen LogP contribution in [-0.4, -0.2) is 29.2 Å². The van der Waals surface area contributed by atoms with E-state index in [1.165, 1.54) is 4.88 Å². The zero-order valence-electron chi connectivity index (χ0n) is 11.1. The molecule has 2 aromatic rings. The number of nitrogens with zero attached hydrogens (tertiary/aromatic N) is 2. The Balaban J connectivity index is 2.43. The van der Waals surface area contributed by atoms with Crippen molar-refractivity contribution in [3.63, 3.8) is 0 Å². The molecule has 2 rings (SSSR count). The lowest BCUT2D eigenvalue weighted by Crippen LogP contribution is -2.36. The third-order valence-electron chi connectivity index (χ3n) is 2.50. The predicted molar refractivity (Wildman–Crippen MR) is 76.1 cm³/mol. The van der Waals surface area contributed by atoms with Crippen LogP contribution >= 0.6 is 11.3 Å². The smallest absolute Gasteiger partial charge is 0.223 e. The van der Waals surface area contributed by atoms with Crippen LogP contribution in [0.2, 0.25) is 0 Å². The summed E-state index contributed by atoms with van der Waals surface area (Å²) in [6.45, 7) is 6.74. The number of nitrogens with two attached hydrogens (primary N) is 1. The number of hydrogen-bond donors (Lipinski definition) is 2. The van der Waals surface area contributed by atoms with Crippen molar-refractivity contribution in [2.24, 2.45) is 0 Å². The summed E-state index contributed by atoms with van der Waals surface area (Å²) in [5, 5.41) is 4.38. The summed E-state index contributed by atoms with van der Waals surface area (Å²) in [6, 6.07) is 2.07. The molecule has 0 unspecified atom stereocenters. The average molecular weight is 266 g/mol. The number of aryl methyl sites for hydroxylation is 1. The van der Waals surface area contributed by atoms with E-state index in [0.717, 1.165) is 16.0 Å². The topological polar surface area (TPSA) is 73.1 Å². The highest BCUT2D eigenvalue weighted by Crippen LogP contribution is 2.30. The third-order valence-corrected chi connectivity index (χ3v) is 3.44. The standard InChI is InChI=1S/C12H18N4OS/c1-7-5-8-9(16-12(2,3)6-17-4)14-11(13)15-10(8)18-7/h5H,6H2,1-4H3,(H3,13,14,15,16). The van der Waals surface area contributed by atoms with E-state index in [0.29, 0.717) is 12.6 Å². The number of nitrogens with one attached hydrogen (secondary N) is 1. The highest BCUT2D eigenvalue weighted by atomic mass is 32.1.